The molecule has 1 saturated carbocycles. The summed E-state index contributed by atoms with van der Waals surface area (Å²) >= 11 is 0. The van der Waals surface area contributed by atoms with Gasteiger partial charge in [0.2, 0.25) is 5.91 Å². The Morgan fingerprint density at radius 2 is 2.15 bits per heavy atom. The molecule has 3 unspecified atom stereocenters. The second-order valence-electron chi connectivity index (χ2n) is 6.74. The van der Waals surface area contributed by atoms with E-state index >= 15 is 0 Å². The first-order chi connectivity index (χ1) is 9.68. The van der Waals surface area contributed by atoms with E-state index in [0.717, 1.165) is 45.1 Å². The van der Waals surface area contributed by atoms with E-state index in [1.807, 2.05) is 0 Å². The molecular formula is C16H28N2O2. The molecule has 2 saturated heterocycles. The van der Waals surface area contributed by atoms with E-state index in [1.54, 1.807) is 0 Å². The lowest BCUT2D eigenvalue weighted by atomic mass is 9.97. The molecule has 4 heteroatoms. The number of hydrogen-bond acceptors (Lipinski definition) is 3. The third-order valence-electron chi connectivity index (χ3n) is 5.38. The Hall–Kier alpha value is -0.610. The van der Waals surface area contributed by atoms with Crippen molar-refractivity contribution < 1.29 is 9.53 Å². The minimum absolute atomic E-state index is 0.203. The van der Waals surface area contributed by atoms with Crippen LogP contribution in [0.25, 0.3) is 0 Å². The Labute approximate surface area is 122 Å². The van der Waals surface area contributed by atoms with Crippen LogP contribution in [0.2, 0.25) is 0 Å². The number of rotatable bonds is 4. The molecule has 0 aromatic carbocycles. The minimum Gasteiger partial charge on any atom is -0.376 e. The van der Waals surface area contributed by atoms with Gasteiger partial charge < -0.3 is 9.64 Å². The van der Waals surface area contributed by atoms with Gasteiger partial charge in [-0.25, -0.2) is 0 Å². The highest BCUT2D eigenvalue weighted by atomic mass is 16.5. The number of nitrogens with zero attached hydrogens (tertiary/aromatic N) is 1. The van der Waals surface area contributed by atoms with E-state index in [4.69, 9.17) is 4.74 Å². The van der Waals surface area contributed by atoms with Crippen LogP contribution in [-0.4, -0.2) is 41.3 Å². The third-order valence-corrected chi connectivity index (χ3v) is 5.38. The van der Waals surface area contributed by atoms with E-state index in [0.29, 0.717) is 5.91 Å². The molecule has 2 heterocycles. The van der Waals surface area contributed by atoms with Crippen molar-refractivity contribution in [1.82, 2.24) is 10.2 Å². The maximum absolute atomic E-state index is 13.0. The third kappa shape index (κ3) is 2.27. The molecule has 3 atom stereocenters. The molecule has 1 spiro atoms. The van der Waals surface area contributed by atoms with Crippen molar-refractivity contribution >= 4 is 5.91 Å². The van der Waals surface area contributed by atoms with Crippen molar-refractivity contribution in [3.05, 3.63) is 0 Å². The Morgan fingerprint density at radius 3 is 2.75 bits per heavy atom. The van der Waals surface area contributed by atoms with Gasteiger partial charge in [0, 0.05) is 6.61 Å². The van der Waals surface area contributed by atoms with Crippen LogP contribution in [0.1, 0.15) is 65.2 Å². The van der Waals surface area contributed by atoms with Gasteiger partial charge >= 0.3 is 0 Å². The summed E-state index contributed by atoms with van der Waals surface area (Å²) in [5.41, 5.74) is -0.243. The number of nitrogens with one attached hydrogen (secondary N) is 1. The Balaban J connectivity index is 1.80. The van der Waals surface area contributed by atoms with E-state index in [-0.39, 0.29) is 23.9 Å². The molecule has 0 aromatic rings. The molecule has 0 aromatic heterocycles. The van der Waals surface area contributed by atoms with E-state index < -0.39 is 0 Å². The first-order valence-corrected chi connectivity index (χ1v) is 8.40. The fourth-order valence-electron chi connectivity index (χ4n) is 4.29. The average Bonchev–Trinajstić information content (AvgIpc) is 3.15. The highest BCUT2D eigenvalue weighted by molar-refractivity contribution is 5.89. The molecule has 0 radical (unpaired) electrons. The quantitative estimate of drug-likeness (QED) is 0.860. The summed E-state index contributed by atoms with van der Waals surface area (Å²) in [7, 11) is 0. The van der Waals surface area contributed by atoms with Crippen LogP contribution in [0.3, 0.4) is 0 Å². The molecule has 4 nitrogen and oxygen atoms in total. The van der Waals surface area contributed by atoms with E-state index in [9.17, 15) is 4.79 Å². The number of ether oxygens (including phenoxy) is 1. The maximum Gasteiger partial charge on any atom is 0.244 e. The maximum atomic E-state index is 13.0. The standard InChI is InChI=1S/C16H28N2O2/c1-3-7-14-17-16(9-4-5-10-16)15(19)18(14)12(2)13-8-6-11-20-13/h12-14,17H,3-11H2,1-2H3. The molecule has 1 aliphatic carbocycles. The lowest BCUT2D eigenvalue weighted by Crippen LogP contribution is -2.49. The van der Waals surface area contributed by atoms with Crippen LogP contribution in [0.5, 0.6) is 0 Å². The van der Waals surface area contributed by atoms with E-state index in [1.165, 1.54) is 12.8 Å². The molecular weight excluding hydrogens is 252 g/mol. The van der Waals surface area contributed by atoms with Gasteiger partial charge in [0.15, 0.2) is 0 Å². The Bertz CT molecular complexity index is 359. The highest BCUT2D eigenvalue weighted by Crippen LogP contribution is 2.39. The summed E-state index contributed by atoms with van der Waals surface area (Å²) in [6, 6.07) is 0.203. The van der Waals surface area contributed by atoms with Crippen LogP contribution in [0, 0.1) is 0 Å². The normalized spacial score (nSPS) is 34.3. The summed E-state index contributed by atoms with van der Waals surface area (Å²) < 4.78 is 5.83. The number of hydrogen-bond donors (Lipinski definition) is 1. The van der Waals surface area contributed by atoms with E-state index in [2.05, 4.69) is 24.1 Å². The lowest BCUT2D eigenvalue weighted by molar-refractivity contribution is -0.137. The van der Waals surface area contributed by atoms with Crippen LogP contribution in [-0.2, 0) is 9.53 Å². The van der Waals surface area contributed by atoms with Gasteiger partial charge in [-0.2, -0.15) is 0 Å². The number of amides is 1. The zero-order valence-electron chi connectivity index (χ0n) is 12.9. The van der Waals surface area contributed by atoms with Crippen LogP contribution in [0.15, 0.2) is 0 Å². The van der Waals surface area contributed by atoms with Gasteiger partial charge in [-0.05, 0) is 39.0 Å². The van der Waals surface area contributed by atoms with Gasteiger partial charge in [0.1, 0.15) is 0 Å². The molecule has 20 heavy (non-hydrogen) atoms. The number of carbonyl (C=O) groups is 1. The summed E-state index contributed by atoms with van der Waals surface area (Å²) in [4.78, 5) is 15.2. The summed E-state index contributed by atoms with van der Waals surface area (Å²) in [6.07, 6.45) is 9.22. The van der Waals surface area contributed by atoms with Gasteiger partial charge in [0.05, 0.1) is 23.9 Å². The molecule has 2 aliphatic heterocycles. The van der Waals surface area contributed by atoms with Crippen molar-refractivity contribution in [2.45, 2.75) is 89.1 Å². The summed E-state index contributed by atoms with van der Waals surface area (Å²) in [6.45, 7) is 5.22. The summed E-state index contributed by atoms with van der Waals surface area (Å²) in [5, 5.41) is 3.69. The fraction of sp³-hybridized carbons (Fsp3) is 0.938. The second kappa shape index (κ2) is 5.64. The van der Waals surface area contributed by atoms with Crippen molar-refractivity contribution in [3.63, 3.8) is 0 Å². The van der Waals surface area contributed by atoms with Crippen LogP contribution < -0.4 is 5.32 Å². The van der Waals surface area contributed by atoms with Gasteiger partial charge in [-0.15, -0.1) is 0 Å². The molecule has 1 amide bonds. The molecule has 1 N–H and O–H groups in total. The zero-order chi connectivity index (χ0) is 14.2. The van der Waals surface area contributed by atoms with Crippen molar-refractivity contribution in [2.24, 2.45) is 0 Å². The zero-order valence-corrected chi connectivity index (χ0v) is 12.9. The first-order valence-electron chi connectivity index (χ1n) is 8.40. The molecule has 0 bridgehead atoms. The van der Waals surface area contributed by atoms with Crippen LogP contribution in [0.4, 0.5) is 0 Å². The molecule has 3 fully saturated rings. The largest absolute Gasteiger partial charge is 0.376 e. The minimum atomic E-state index is -0.243. The van der Waals surface area contributed by atoms with Crippen molar-refractivity contribution in [1.29, 1.82) is 0 Å². The average molecular weight is 280 g/mol. The Kier molecular flexibility index (Phi) is 4.04. The highest BCUT2D eigenvalue weighted by Gasteiger charge is 2.54. The monoisotopic (exact) mass is 280 g/mol. The summed E-state index contributed by atoms with van der Waals surface area (Å²) in [5.74, 6) is 0.344. The lowest BCUT2D eigenvalue weighted by Gasteiger charge is -2.33. The Morgan fingerprint density at radius 1 is 1.40 bits per heavy atom. The van der Waals surface area contributed by atoms with Crippen LogP contribution >= 0.6 is 0 Å². The smallest absolute Gasteiger partial charge is 0.244 e. The molecule has 3 rings (SSSR count). The van der Waals surface area contributed by atoms with Crippen molar-refractivity contribution in [2.75, 3.05) is 6.61 Å². The predicted molar refractivity (Wildman–Crippen MR) is 78.3 cm³/mol. The van der Waals surface area contributed by atoms with Crippen molar-refractivity contribution in [3.8, 4) is 0 Å². The molecule has 3 aliphatic rings. The molecule has 114 valence electrons. The topological polar surface area (TPSA) is 41.6 Å². The van der Waals surface area contributed by atoms with Gasteiger partial charge in [-0.3, -0.25) is 10.1 Å². The number of carbonyl (C=O) groups excluding carboxylic acids is 1. The van der Waals surface area contributed by atoms with Gasteiger partial charge in [-0.1, -0.05) is 26.2 Å². The first kappa shape index (κ1) is 14.3. The van der Waals surface area contributed by atoms with Gasteiger partial charge in [0.25, 0.3) is 0 Å². The SMILES string of the molecule is CCCC1NC2(CCCC2)C(=O)N1C(C)C1CCCO1. The fourth-order valence-corrected chi connectivity index (χ4v) is 4.29. The predicted octanol–water partition coefficient (Wildman–Crippen LogP) is 2.42. The second-order valence-corrected chi connectivity index (χ2v) is 6.74.